The Morgan fingerprint density at radius 3 is 2.53 bits per heavy atom. The number of rotatable bonds is 10. The van der Waals surface area contributed by atoms with Gasteiger partial charge in [0.1, 0.15) is 11.6 Å². The molecule has 3 rings (SSSR count). The highest BCUT2D eigenvalue weighted by atomic mass is 32.2. The number of nitrogens with zero attached hydrogens (tertiary/aromatic N) is 4. The van der Waals surface area contributed by atoms with Crippen molar-refractivity contribution >= 4 is 29.7 Å². The number of piperidine rings is 1. The Balaban J connectivity index is 1.79. The molecule has 1 unspecified atom stereocenters. The second-order valence-electron chi connectivity index (χ2n) is 9.44. The first kappa shape index (κ1) is 29.7. The van der Waals surface area contributed by atoms with Gasteiger partial charge in [-0.3, -0.25) is 10.1 Å². The molecule has 0 aromatic heterocycles. The lowest BCUT2D eigenvalue weighted by molar-refractivity contribution is -0.123. The van der Waals surface area contributed by atoms with E-state index in [4.69, 9.17) is 14.5 Å². The standard InChI is InChI=1S/C27H40N6O4S/c1-3-12-32-13-10-27(21-28,11-14-32)31-24(34)23(20-38-19-22-8-6-5-7-9-22)29-25(30-26(35)37-4-2)33-15-17-36-18-16-33/h5-9,23H,3-4,10-20H2,1-2H3,(H,31,34)(H,29,30,35). The molecule has 0 aliphatic carbocycles. The monoisotopic (exact) mass is 544 g/mol. The van der Waals surface area contributed by atoms with Gasteiger partial charge in [-0.15, -0.1) is 0 Å². The Bertz CT molecular complexity index is 956. The van der Waals surface area contributed by atoms with Crippen LogP contribution in [0.5, 0.6) is 0 Å². The molecule has 208 valence electrons. The fourth-order valence-electron chi connectivity index (χ4n) is 4.47. The summed E-state index contributed by atoms with van der Waals surface area (Å²) >= 11 is 1.59. The van der Waals surface area contributed by atoms with Crippen molar-refractivity contribution in [3.05, 3.63) is 35.9 Å². The lowest BCUT2D eigenvalue weighted by Gasteiger charge is -2.38. The van der Waals surface area contributed by atoms with E-state index < -0.39 is 17.7 Å². The van der Waals surface area contributed by atoms with Crippen LogP contribution in [0.15, 0.2) is 35.3 Å². The predicted octanol–water partition coefficient (Wildman–Crippen LogP) is 2.61. The number of hydrogen-bond donors (Lipinski definition) is 2. The van der Waals surface area contributed by atoms with Gasteiger partial charge in [-0.25, -0.2) is 9.79 Å². The topological polar surface area (TPSA) is 119 Å². The summed E-state index contributed by atoms with van der Waals surface area (Å²) in [6.07, 6.45) is 1.57. The maximum absolute atomic E-state index is 13.7. The molecule has 2 N–H and O–H groups in total. The first-order chi connectivity index (χ1) is 18.5. The SMILES string of the molecule is CCCN1CCC(C#N)(NC(=O)C(CSCc2ccccc2)/N=C(/NC(=O)OCC)N2CCOCC2)CC1. The fraction of sp³-hybridized carbons (Fsp3) is 0.630. The molecule has 2 fully saturated rings. The molecule has 0 saturated carbocycles. The molecule has 2 heterocycles. The minimum Gasteiger partial charge on any atom is -0.450 e. The first-order valence-corrected chi connectivity index (χ1v) is 14.6. The van der Waals surface area contributed by atoms with Gasteiger partial charge in [0.2, 0.25) is 11.9 Å². The van der Waals surface area contributed by atoms with Crippen LogP contribution in [0.25, 0.3) is 0 Å². The molecule has 2 saturated heterocycles. The van der Waals surface area contributed by atoms with Crippen molar-refractivity contribution in [2.75, 3.05) is 58.3 Å². The quantitative estimate of drug-likeness (QED) is 0.341. The largest absolute Gasteiger partial charge is 0.450 e. The van der Waals surface area contributed by atoms with E-state index in [1.165, 1.54) is 0 Å². The Kier molecular flexibility index (Phi) is 12.2. The molecule has 0 radical (unpaired) electrons. The van der Waals surface area contributed by atoms with Crippen LogP contribution in [0.4, 0.5) is 4.79 Å². The van der Waals surface area contributed by atoms with Crippen molar-refractivity contribution in [2.24, 2.45) is 4.99 Å². The van der Waals surface area contributed by atoms with Gasteiger partial charge in [0.15, 0.2) is 0 Å². The number of amides is 2. The number of guanidine groups is 1. The number of carbonyl (C=O) groups is 2. The third-order valence-corrected chi connectivity index (χ3v) is 7.68. The zero-order valence-electron chi connectivity index (χ0n) is 22.5. The van der Waals surface area contributed by atoms with Crippen LogP contribution in [-0.4, -0.2) is 97.6 Å². The predicted molar refractivity (Wildman–Crippen MR) is 149 cm³/mol. The molecule has 0 spiro atoms. The number of hydrogen-bond acceptors (Lipinski definition) is 8. The fourth-order valence-corrected chi connectivity index (χ4v) is 5.46. The maximum Gasteiger partial charge on any atom is 0.413 e. The van der Waals surface area contributed by atoms with Gasteiger partial charge in [-0.1, -0.05) is 37.3 Å². The highest BCUT2D eigenvalue weighted by Crippen LogP contribution is 2.23. The van der Waals surface area contributed by atoms with Crippen molar-refractivity contribution in [1.29, 1.82) is 5.26 Å². The van der Waals surface area contributed by atoms with Crippen LogP contribution in [-0.2, 0) is 20.0 Å². The minimum absolute atomic E-state index is 0.221. The Labute approximate surface area is 230 Å². The van der Waals surface area contributed by atoms with E-state index in [0.717, 1.165) is 31.6 Å². The van der Waals surface area contributed by atoms with E-state index in [1.807, 2.05) is 35.2 Å². The van der Waals surface area contributed by atoms with Gasteiger partial charge in [0.05, 0.1) is 25.9 Å². The number of nitrogens with one attached hydrogen (secondary N) is 2. The van der Waals surface area contributed by atoms with Crippen molar-refractivity contribution in [2.45, 2.75) is 50.4 Å². The number of thioether (sulfide) groups is 1. The molecule has 0 bridgehead atoms. The lowest BCUT2D eigenvalue weighted by Crippen LogP contribution is -2.57. The summed E-state index contributed by atoms with van der Waals surface area (Å²) in [6, 6.07) is 11.6. The van der Waals surface area contributed by atoms with Crippen LogP contribution in [0.2, 0.25) is 0 Å². The minimum atomic E-state index is -0.924. The summed E-state index contributed by atoms with van der Waals surface area (Å²) in [5.41, 5.74) is 0.225. The molecule has 10 nitrogen and oxygen atoms in total. The van der Waals surface area contributed by atoms with E-state index in [0.29, 0.717) is 50.7 Å². The summed E-state index contributed by atoms with van der Waals surface area (Å²) < 4.78 is 10.5. The summed E-state index contributed by atoms with van der Waals surface area (Å²) in [5, 5.41) is 15.8. The third-order valence-electron chi connectivity index (χ3n) is 6.59. The van der Waals surface area contributed by atoms with Crippen molar-refractivity contribution < 1.29 is 19.1 Å². The number of morpholine rings is 1. The zero-order valence-corrected chi connectivity index (χ0v) is 23.3. The molecule has 2 aliphatic heterocycles. The second kappa shape index (κ2) is 15.6. The molecule has 2 amide bonds. The Hall–Kier alpha value is -2.81. The van der Waals surface area contributed by atoms with E-state index in [1.54, 1.807) is 18.7 Å². The van der Waals surface area contributed by atoms with Gasteiger partial charge in [-0.05, 0) is 38.3 Å². The summed E-state index contributed by atoms with van der Waals surface area (Å²) in [6.45, 7) is 8.67. The summed E-state index contributed by atoms with van der Waals surface area (Å²) in [5.74, 6) is 1.08. The van der Waals surface area contributed by atoms with Crippen LogP contribution >= 0.6 is 11.8 Å². The highest BCUT2D eigenvalue weighted by molar-refractivity contribution is 7.98. The molecule has 1 aromatic carbocycles. The molecular weight excluding hydrogens is 504 g/mol. The number of carbonyl (C=O) groups excluding carboxylic acids is 2. The van der Waals surface area contributed by atoms with Crippen molar-refractivity contribution in [3.8, 4) is 6.07 Å². The Morgan fingerprint density at radius 1 is 1.18 bits per heavy atom. The van der Waals surface area contributed by atoms with Crippen molar-refractivity contribution in [1.82, 2.24) is 20.4 Å². The maximum atomic E-state index is 13.7. The van der Waals surface area contributed by atoms with Crippen LogP contribution < -0.4 is 10.6 Å². The number of benzene rings is 1. The number of nitriles is 1. The number of ether oxygens (including phenoxy) is 2. The molecule has 2 aliphatic rings. The van der Waals surface area contributed by atoms with E-state index >= 15 is 0 Å². The van der Waals surface area contributed by atoms with Crippen molar-refractivity contribution in [3.63, 3.8) is 0 Å². The van der Waals surface area contributed by atoms with E-state index in [2.05, 4.69) is 28.5 Å². The van der Waals surface area contributed by atoms with Gasteiger partial charge < -0.3 is 24.6 Å². The number of aliphatic imine (C=N–C) groups is 1. The normalized spacial score (nSPS) is 18.8. The van der Waals surface area contributed by atoms with E-state index in [9.17, 15) is 14.9 Å². The van der Waals surface area contributed by atoms with Crippen LogP contribution in [0.1, 0.15) is 38.7 Å². The second-order valence-corrected chi connectivity index (χ2v) is 10.5. The highest BCUT2D eigenvalue weighted by Gasteiger charge is 2.38. The molecule has 1 aromatic rings. The molecular formula is C27H40N6O4S. The number of likely N-dealkylation sites (tertiary alicyclic amines) is 1. The summed E-state index contributed by atoms with van der Waals surface area (Å²) in [7, 11) is 0. The summed E-state index contributed by atoms with van der Waals surface area (Å²) in [4.78, 5) is 35.0. The van der Waals surface area contributed by atoms with Crippen LogP contribution in [0.3, 0.4) is 0 Å². The van der Waals surface area contributed by atoms with Crippen LogP contribution in [0, 0.1) is 11.3 Å². The van der Waals surface area contributed by atoms with Gasteiger partial charge in [0, 0.05) is 37.7 Å². The molecule has 38 heavy (non-hydrogen) atoms. The average Bonchev–Trinajstić information content (AvgIpc) is 2.94. The Morgan fingerprint density at radius 2 is 1.89 bits per heavy atom. The lowest BCUT2D eigenvalue weighted by atomic mass is 9.88. The molecule has 1 atom stereocenters. The smallest absolute Gasteiger partial charge is 0.413 e. The third kappa shape index (κ3) is 9.19. The van der Waals surface area contributed by atoms with E-state index in [-0.39, 0.29) is 18.5 Å². The molecule has 11 heteroatoms. The van der Waals surface area contributed by atoms with Gasteiger partial charge in [0.25, 0.3) is 0 Å². The average molecular weight is 545 g/mol. The van der Waals surface area contributed by atoms with Gasteiger partial charge in [-0.2, -0.15) is 17.0 Å². The first-order valence-electron chi connectivity index (χ1n) is 13.4. The zero-order chi connectivity index (χ0) is 27.2. The number of alkyl carbamates (subject to hydrolysis) is 1. The van der Waals surface area contributed by atoms with Gasteiger partial charge >= 0.3 is 6.09 Å².